The number of aromatic nitrogens is 2. The third-order valence-electron chi connectivity index (χ3n) is 3.31. The second kappa shape index (κ2) is 6.05. The molecule has 0 spiro atoms. The molecule has 2 unspecified atom stereocenters. The summed E-state index contributed by atoms with van der Waals surface area (Å²) in [6, 6.07) is 7.50. The largest absolute Gasteiger partial charge is 0.496 e. The van der Waals surface area contributed by atoms with E-state index in [9.17, 15) is 5.11 Å². The molecule has 1 aromatic carbocycles. The van der Waals surface area contributed by atoms with Gasteiger partial charge in [0.05, 0.1) is 24.7 Å². The number of methoxy groups -OCH3 is 1. The summed E-state index contributed by atoms with van der Waals surface area (Å²) in [7, 11) is 1.60. The molecular formula is C15H20N2O3. The third-order valence-corrected chi connectivity index (χ3v) is 3.31. The van der Waals surface area contributed by atoms with Crippen LogP contribution in [-0.2, 0) is 0 Å². The van der Waals surface area contributed by atoms with Gasteiger partial charge in [-0.2, -0.15) is 4.98 Å². The molecule has 0 aliphatic carbocycles. The Morgan fingerprint density at radius 3 is 2.50 bits per heavy atom. The number of hydrogen-bond acceptors (Lipinski definition) is 5. The van der Waals surface area contributed by atoms with Gasteiger partial charge in [0, 0.05) is 0 Å². The quantitative estimate of drug-likeness (QED) is 0.909. The molecule has 5 heteroatoms. The first kappa shape index (κ1) is 14.5. The van der Waals surface area contributed by atoms with Crippen LogP contribution in [0.15, 0.2) is 28.8 Å². The predicted octanol–water partition coefficient (Wildman–Crippen LogP) is 2.87. The van der Waals surface area contributed by atoms with E-state index in [1.165, 1.54) is 0 Å². The van der Waals surface area contributed by atoms with Gasteiger partial charge in [0.25, 0.3) is 0 Å². The fourth-order valence-corrected chi connectivity index (χ4v) is 2.36. The Labute approximate surface area is 118 Å². The van der Waals surface area contributed by atoms with E-state index in [1.54, 1.807) is 14.0 Å². The molecule has 0 bridgehead atoms. The van der Waals surface area contributed by atoms with E-state index in [1.807, 2.05) is 38.1 Å². The second-order valence-corrected chi connectivity index (χ2v) is 5.17. The van der Waals surface area contributed by atoms with Gasteiger partial charge in [-0.1, -0.05) is 31.1 Å². The Bertz CT molecular complexity index is 556. The molecule has 1 heterocycles. The van der Waals surface area contributed by atoms with E-state index >= 15 is 0 Å². The van der Waals surface area contributed by atoms with Crippen LogP contribution >= 0.6 is 0 Å². The van der Waals surface area contributed by atoms with Crippen molar-refractivity contribution in [1.82, 2.24) is 10.1 Å². The molecule has 2 atom stereocenters. The number of aliphatic hydroxyl groups is 1. The summed E-state index contributed by atoms with van der Waals surface area (Å²) in [5, 5.41) is 13.9. The molecule has 0 saturated heterocycles. The summed E-state index contributed by atoms with van der Waals surface area (Å²) in [6.45, 7) is 5.77. The number of ether oxygens (including phenoxy) is 1. The molecule has 20 heavy (non-hydrogen) atoms. The van der Waals surface area contributed by atoms with Gasteiger partial charge < -0.3 is 14.4 Å². The van der Waals surface area contributed by atoms with Crippen molar-refractivity contribution in [3.63, 3.8) is 0 Å². The molecule has 0 radical (unpaired) electrons. The fraction of sp³-hybridized carbons (Fsp3) is 0.467. The molecule has 0 amide bonds. The first-order valence-electron chi connectivity index (χ1n) is 6.69. The van der Waals surface area contributed by atoms with Gasteiger partial charge >= 0.3 is 0 Å². The van der Waals surface area contributed by atoms with Gasteiger partial charge in [0.15, 0.2) is 0 Å². The maximum Gasteiger partial charge on any atom is 0.232 e. The Morgan fingerprint density at radius 2 is 1.90 bits per heavy atom. The van der Waals surface area contributed by atoms with Gasteiger partial charge in [-0.3, -0.25) is 0 Å². The van der Waals surface area contributed by atoms with E-state index in [4.69, 9.17) is 9.26 Å². The highest BCUT2D eigenvalue weighted by Crippen LogP contribution is 2.31. The molecular weight excluding hydrogens is 256 g/mol. The van der Waals surface area contributed by atoms with Crippen LogP contribution in [0.25, 0.3) is 11.4 Å². The first-order chi connectivity index (χ1) is 9.54. The zero-order valence-electron chi connectivity index (χ0n) is 12.2. The highest BCUT2D eigenvalue weighted by molar-refractivity contribution is 5.63. The van der Waals surface area contributed by atoms with Gasteiger partial charge in [-0.05, 0) is 25.0 Å². The Balaban J connectivity index is 2.37. The summed E-state index contributed by atoms with van der Waals surface area (Å²) in [4.78, 5) is 4.41. The number of hydrogen-bond donors (Lipinski definition) is 1. The van der Waals surface area contributed by atoms with Gasteiger partial charge in [0.2, 0.25) is 11.7 Å². The normalized spacial score (nSPS) is 14.3. The smallest absolute Gasteiger partial charge is 0.232 e. The van der Waals surface area contributed by atoms with E-state index in [0.717, 1.165) is 5.56 Å². The highest BCUT2D eigenvalue weighted by Gasteiger charge is 2.27. The topological polar surface area (TPSA) is 68.4 Å². The molecule has 2 rings (SSSR count). The molecule has 1 N–H and O–H groups in total. The number of nitrogens with zero attached hydrogens (tertiary/aromatic N) is 2. The van der Waals surface area contributed by atoms with Crippen molar-refractivity contribution in [1.29, 1.82) is 0 Å². The van der Waals surface area contributed by atoms with Crippen molar-refractivity contribution in [2.75, 3.05) is 7.11 Å². The lowest BCUT2D eigenvalue weighted by Crippen LogP contribution is -2.20. The third kappa shape index (κ3) is 2.82. The lowest BCUT2D eigenvalue weighted by Gasteiger charge is -2.19. The average Bonchev–Trinajstić information content (AvgIpc) is 2.87. The van der Waals surface area contributed by atoms with Gasteiger partial charge in [-0.15, -0.1) is 0 Å². The van der Waals surface area contributed by atoms with E-state index in [-0.39, 0.29) is 11.8 Å². The van der Waals surface area contributed by atoms with Crippen molar-refractivity contribution in [3.8, 4) is 17.1 Å². The first-order valence-corrected chi connectivity index (χ1v) is 6.69. The zero-order chi connectivity index (χ0) is 14.7. The maximum absolute atomic E-state index is 9.86. The summed E-state index contributed by atoms with van der Waals surface area (Å²) in [6.07, 6.45) is -0.541. The number of aliphatic hydroxyl groups excluding tert-OH is 1. The Kier molecular flexibility index (Phi) is 4.39. The van der Waals surface area contributed by atoms with E-state index < -0.39 is 6.10 Å². The molecule has 5 nitrogen and oxygen atoms in total. The van der Waals surface area contributed by atoms with Crippen LogP contribution in [-0.4, -0.2) is 28.5 Å². The number of rotatable bonds is 5. The molecule has 108 valence electrons. The Morgan fingerprint density at radius 1 is 1.20 bits per heavy atom. The minimum Gasteiger partial charge on any atom is -0.496 e. The standard InChI is InChI=1S/C15H20N2O3/c1-9(2)13(10(3)18)15-16-14(17-20-15)11-7-5-6-8-12(11)19-4/h5-10,13,18H,1-4H3. The van der Waals surface area contributed by atoms with Crippen molar-refractivity contribution in [2.24, 2.45) is 5.92 Å². The van der Waals surface area contributed by atoms with Crippen molar-refractivity contribution >= 4 is 0 Å². The van der Waals surface area contributed by atoms with E-state index in [0.29, 0.717) is 17.5 Å². The predicted molar refractivity (Wildman–Crippen MR) is 75.5 cm³/mol. The lowest BCUT2D eigenvalue weighted by atomic mass is 9.91. The molecule has 0 saturated carbocycles. The fourth-order valence-electron chi connectivity index (χ4n) is 2.36. The highest BCUT2D eigenvalue weighted by atomic mass is 16.5. The average molecular weight is 276 g/mol. The molecule has 0 aliphatic rings. The number of benzene rings is 1. The van der Waals surface area contributed by atoms with Crippen LogP contribution in [0.3, 0.4) is 0 Å². The van der Waals surface area contributed by atoms with Crippen LogP contribution in [0, 0.1) is 5.92 Å². The van der Waals surface area contributed by atoms with Crippen LogP contribution in [0.1, 0.15) is 32.6 Å². The summed E-state index contributed by atoms with van der Waals surface area (Å²) < 4.78 is 10.6. The van der Waals surface area contributed by atoms with Crippen molar-refractivity contribution in [2.45, 2.75) is 32.8 Å². The summed E-state index contributed by atoms with van der Waals surface area (Å²) in [5.41, 5.74) is 0.776. The van der Waals surface area contributed by atoms with Crippen LogP contribution in [0.5, 0.6) is 5.75 Å². The summed E-state index contributed by atoms with van der Waals surface area (Å²) >= 11 is 0. The lowest BCUT2D eigenvalue weighted by molar-refractivity contribution is 0.120. The second-order valence-electron chi connectivity index (χ2n) is 5.17. The van der Waals surface area contributed by atoms with Crippen LogP contribution in [0.2, 0.25) is 0 Å². The SMILES string of the molecule is COc1ccccc1-c1noc(C(C(C)C)C(C)O)n1. The summed E-state index contributed by atoms with van der Waals surface area (Å²) in [5.74, 6) is 1.66. The van der Waals surface area contributed by atoms with E-state index in [2.05, 4.69) is 10.1 Å². The van der Waals surface area contributed by atoms with Crippen LogP contribution in [0.4, 0.5) is 0 Å². The maximum atomic E-state index is 9.86. The molecule has 1 aromatic heterocycles. The molecule has 2 aromatic rings. The minimum absolute atomic E-state index is 0.175. The molecule has 0 fully saturated rings. The minimum atomic E-state index is -0.541. The number of para-hydroxylation sites is 1. The van der Waals surface area contributed by atoms with Crippen molar-refractivity contribution < 1.29 is 14.4 Å². The van der Waals surface area contributed by atoms with Crippen molar-refractivity contribution in [3.05, 3.63) is 30.2 Å². The monoisotopic (exact) mass is 276 g/mol. The zero-order valence-corrected chi connectivity index (χ0v) is 12.2. The van der Waals surface area contributed by atoms with Gasteiger partial charge in [-0.25, -0.2) is 0 Å². The Hall–Kier alpha value is -1.88. The van der Waals surface area contributed by atoms with Crippen LogP contribution < -0.4 is 4.74 Å². The van der Waals surface area contributed by atoms with Gasteiger partial charge in [0.1, 0.15) is 5.75 Å². The molecule has 0 aliphatic heterocycles.